The van der Waals surface area contributed by atoms with Crippen LogP contribution in [0.1, 0.15) is 51.0 Å². The molecule has 172 valence electrons. The van der Waals surface area contributed by atoms with Crippen molar-refractivity contribution in [3.05, 3.63) is 23.8 Å². The molecule has 3 fully saturated rings. The van der Waals surface area contributed by atoms with Crippen LogP contribution < -0.4 is 10.2 Å². The van der Waals surface area contributed by atoms with Crippen LogP contribution in [0.4, 0.5) is 5.95 Å². The van der Waals surface area contributed by atoms with E-state index >= 15 is 0 Å². The number of para-hydroxylation sites is 1. The number of amides is 1. The number of aryl methyl sites for hydroxylation is 2. The topological polar surface area (TPSA) is 53.4 Å². The minimum atomic E-state index is 0.257. The molecule has 0 bridgehead atoms. The van der Waals surface area contributed by atoms with E-state index in [0.29, 0.717) is 17.9 Å². The molecule has 1 aromatic carbocycles. The van der Waals surface area contributed by atoms with E-state index in [2.05, 4.69) is 44.8 Å². The van der Waals surface area contributed by atoms with Crippen LogP contribution in [0.25, 0.3) is 11.0 Å². The molecule has 0 unspecified atom stereocenters. The van der Waals surface area contributed by atoms with Crippen molar-refractivity contribution in [1.82, 2.24) is 19.8 Å². The van der Waals surface area contributed by atoms with Gasteiger partial charge < -0.3 is 14.8 Å². The second-order valence-corrected chi connectivity index (χ2v) is 10.8. The molecule has 2 atom stereocenters. The molecule has 6 heteroatoms. The average molecular weight is 436 g/mol. The summed E-state index contributed by atoms with van der Waals surface area (Å²) in [7, 11) is 0. The maximum atomic E-state index is 12.7. The van der Waals surface area contributed by atoms with Gasteiger partial charge in [0.15, 0.2) is 0 Å². The Kier molecular flexibility index (Phi) is 5.36. The lowest BCUT2D eigenvalue weighted by molar-refractivity contribution is -0.123. The quantitative estimate of drug-likeness (QED) is 0.782. The lowest BCUT2D eigenvalue weighted by atomic mass is 9.87. The number of benzene rings is 1. The SMILES string of the molecule is CC1CCC(NC(=O)[C@H]2C[C@@H]2CN2CCN(c3nc4cccc5c4n3CCC5)CC2)CC1. The van der Waals surface area contributed by atoms with E-state index in [-0.39, 0.29) is 5.92 Å². The van der Waals surface area contributed by atoms with Gasteiger partial charge in [0.05, 0.1) is 11.0 Å². The zero-order valence-corrected chi connectivity index (χ0v) is 19.4. The van der Waals surface area contributed by atoms with E-state index in [1.807, 2.05) is 0 Å². The summed E-state index contributed by atoms with van der Waals surface area (Å²) in [5.74, 6) is 3.14. The highest BCUT2D eigenvalue weighted by molar-refractivity contribution is 5.83. The van der Waals surface area contributed by atoms with E-state index < -0.39 is 0 Å². The number of imidazole rings is 1. The lowest BCUT2D eigenvalue weighted by Crippen LogP contribution is -2.48. The Balaban J connectivity index is 1.01. The van der Waals surface area contributed by atoms with Crippen LogP contribution in [0.15, 0.2) is 18.2 Å². The summed E-state index contributed by atoms with van der Waals surface area (Å²) in [5.41, 5.74) is 3.96. The van der Waals surface area contributed by atoms with Crippen LogP contribution in [0.5, 0.6) is 0 Å². The van der Waals surface area contributed by atoms with E-state index in [4.69, 9.17) is 4.98 Å². The van der Waals surface area contributed by atoms with Gasteiger partial charge in [-0.2, -0.15) is 0 Å². The minimum Gasteiger partial charge on any atom is -0.353 e. The molecule has 32 heavy (non-hydrogen) atoms. The van der Waals surface area contributed by atoms with E-state index in [1.54, 1.807) is 0 Å². The van der Waals surface area contributed by atoms with Crippen molar-refractivity contribution >= 4 is 22.9 Å². The van der Waals surface area contributed by atoms with Crippen LogP contribution in [0.3, 0.4) is 0 Å². The zero-order chi connectivity index (χ0) is 21.7. The average Bonchev–Trinajstić information content (AvgIpc) is 3.48. The van der Waals surface area contributed by atoms with Gasteiger partial charge in [0, 0.05) is 51.2 Å². The second-order valence-electron chi connectivity index (χ2n) is 10.8. The number of hydrogen-bond acceptors (Lipinski definition) is 4. The molecule has 4 aliphatic rings. The first-order valence-electron chi connectivity index (χ1n) is 12.9. The fraction of sp³-hybridized carbons (Fsp3) is 0.692. The third-order valence-corrected chi connectivity index (χ3v) is 8.43. The molecule has 1 amide bonds. The predicted molar refractivity (Wildman–Crippen MR) is 128 cm³/mol. The molecular weight excluding hydrogens is 398 g/mol. The minimum absolute atomic E-state index is 0.257. The van der Waals surface area contributed by atoms with Gasteiger partial charge in [-0.05, 0) is 68.4 Å². The second kappa shape index (κ2) is 8.36. The molecule has 0 radical (unpaired) electrons. The van der Waals surface area contributed by atoms with Crippen molar-refractivity contribution in [2.75, 3.05) is 37.6 Å². The molecular formula is C26H37N5O. The highest BCUT2D eigenvalue weighted by atomic mass is 16.2. The molecule has 1 N–H and O–H groups in total. The summed E-state index contributed by atoms with van der Waals surface area (Å²) in [6.07, 6.45) is 8.31. The Hall–Kier alpha value is -2.08. The van der Waals surface area contributed by atoms with Gasteiger partial charge in [-0.3, -0.25) is 9.69 Å². The van der Waals surface area contributed by atoms with Gasteiger partial charge in [0.1, 0.15) is 0 Å². The van der Waals surface area contributed by atoms with Crippen molar-refractivity contribution in [2.45, 2.75) is 64.5 Å². The molecule has 3 heterocycles. The summed E-state index contributed by atoms with van der Waals surface area (Å²) in [6.45, 7) is 8.69. The molecule has 2 aliphatic carbocycles. The number of aromatic nitrogens is 2. The fourth-order valence-electron chi connectivity index (χ4n) is 6.28. The van der Waals surface area contributed by atoms with E-state index in [9.17, 15) is 4.79 Å². The van der Waals surface area contributed by atoms with Crippen molar-refractivity contribution in [1.29, 1.82) is 0 Å². The summed E-state index contributed by atoms with van der Waals surface area (Å²) >= 11 is 0. The first kappa shape index (κ1) is 20.5. The van der Waals surface area contributed by atoms with Gasteiger partial charge in [-0.25, -0.2) is 4.98 Å². The fourth-order valence-corrected chi connectivity index (χ4v) is 6.28. The number of carbonyl (C=O) groups excluding carboxylic acids is 1. The third-order valence-electron chi connectivity index (χ3n) is 8.43. The van der Waals surface area contributed by atoms with Crippen LogP contribution in [0.2, 0.25) is 0 Å². The molecule has 6 rings (SSSR count). The van der Waals surface area contributed by atoms with Crippen molar-refractivity contribution in [2.24, 2.45) is 17.8 Å². The van der Waals surface area contributed by atoms with Crippen LogP contribution >= 0.6 is 0 Å². The van der Waals surface area contributed by atoms with E-state index in [0.717, 1.165) is 63.1 Å². The Morgan fingerprint density at radius 3 is 2.72 bits per heavy atom. The number of piperazine rings is 1. The Bertz CT molecular complexity index is 984. The summed E-state index contributed by atoms with van der Waals surface area (Å²) < 4.78 is 2.46. The van der Waals surface area contributed by atoms with Crippen LogP contribution in [0, 0.1) is 17.8 Å². The highest BCUT2D eigenvalue weighted by Gasteiger charge is 2.44. The summed E-state index contributed by atoms with van der Waals surface area (Å²) in [6, 6.07) is 7.00. The predicted octanol–water partition coefficient (Wildman–Crippen LogP) is 3.44. The molecule has 1 saturated heterocycles. The number of hydrogen-bond donors (Lipinski definition) is 1. The van der Waals surface area contributed by atoms with E-state index in [1.165, 1.54) is 49.6 Å². The van der Waals surface area contributed by atoms with Gasteiger partial charge in [0.2, 0.25) is 11.9 Å². The zero-order valence-electron chi connectivity index (χ0n) is 19.4. The number of rotatable bonds is 5. The maximum absolute atomic E-state index is 12.7. The molecule has 6 nitrogen and oxygen atoms in total. The Labute approximate surface area is 191 Å². The highest BCUT2D eigenvalue weighted by Crippen LogP contribution is 2.40. The number of carbonyl (C=O) groups is 1. The van der Waals surface area contributed by atoms with Gasteiger partial charge in [-0.1, -0.05) is 19.1 Å². The van der Waals surface area contributed by atoms with Crippen LogP contribution in [-0.2, 0) is 17.8 Å². The summed E-state index contributed by atoms with van der Waals surface area (Å²) in [4.78, 5) is 22.8. The smallest absolute Gasteiger partial charge is 0.223 e. The molecule has 0 spiro atoms. The Morgan fingerprint density at radius 2 is 1.91 bits per heavy atom. The van der Waals surface area contributed by atoms with Gasteiger partial charge in [-0.15, -0.1) is 0 Å². The maximum Gasteiger partial charge on any atom is 0.223 e. The Morgan fingerprint density at radius 1 is 1.09 bits per heavy atom. The lowest BCUT2D eigenvalue weighted by Gasteiger charge is -2.36. The molecule has 1 aromatic heterocycles. The van der Waals surface area contributed by atoms with Gasteiger partial charge >= 0.3 is 0 Å². The monoisotopic (exact) mass is 435 g/mol. The van der Waals surface area contributed by atoms with Crippen molar-refractivity contribution in [3.63, 3.8) is 0 Å². The number of nitrogens with one attached hydrogen (secondary N) is 1. The van der Waals surface area contributed by atoms with Crippen molar-refractivity contribution < 1.29 is 4.79 Å². The first-order chi connectivity index (χ1) is 15.7. The normalized spacial score (nSPS) is 30.5. The van der Waals surface area contributed by atoms with Crippen molar-refractivity contribution in [3.8, 4) is 0 Å². The number of nitrogens with zero attached hydrogens (tertiary/aromatic N) is 4. The standard InChI is InChI=1S/C26H37N5O/c1-18-7-9-21(10-8-18)27-25(32)22-16-20(22)17-29-12-14-30(15-13-29)26-28-23-6-2-4-19-5-3-11-31(26)24(19)23/h2,4,6,18,20-22H,3,5,7-17H2,1H3,(H,27,32)/t18?,20-,21?,22+/m1/s1. The third kappa shape index (κ3) is 3.91. The number of anilines is 1. The van der Waals surface area contributed by atoms with Gasteiger partial charge in [0.25, 0.3) is 0 Å². The van der Waals surface area contributed by atoms with Crippen LogP contribution in [-0.4, -0.2) is 59.1 Å². The molecule has 2 saturated carbocycles. The molecule has 2 aromatic rings. The summed E-state index contributed by atoms with van der Waals surface area (Å²) in [5, 5.41) is 3.36. The molecule has 2 aliphatic heterocycles. The first-order valence-corrected chi connectivity index (χ1v) is 12.9. The largest absolute Gasteiger partial charge is 0.353 e.